The summed E-state index contributed by atoms with van der Waals surface area (Å²) in [4.78, 5) is 0. The summed E-state index contributed by atoms with van der Waals surface area (Å²) >= 11 is 3.44. The van der Waals surface area contributed by atoms with Gasteiger partial charge in [0.1, 0.15) is 12.5 Å². The summed E-state index contributed by atoms with van der Waals surface area (Å²) in [5, 5.41) is 0. The Morgan fingerprint density at radius 3 is 2.71 bits per heavy atom. The number of methoxy groups -OCH3 is 2. The van der Waals surface area contributed by atoms with Crippen LogP contribution in [0.3, 0.4) is 0 Å². The molecule has 14 heavy (non-hydrogen) atoms. The zero-order valence-corrected chi connectivity index (χ0v) is 9.83. The van der Waals surface area contributed by atoms with Crippen LogP contribution in [-0.2, 0) is 16.1 Å². The second kappa shape index (κ2) is 6.01. The highest BCUT2D eigenvalue weighted by atomic mass is 79.9. The first-order chi connectivity index (χ1) is 6.79. The second-order valence-electron chi connectivity index (χ2n) is 2.68. The van der Waals surface area contributed by atoms with Crippen molar-refractivity contribution in [2.75, 3.05) is 21.0 Å². The van der Waals surface area contributed by atoms with Gasteiger partial charge in [-0.15, -0.1) is 0 Å². The summed E-state index contributed by atoms with van der Waals surface area (Å²) in [6, 6.07) is 5.77. The lowest BCUT2D eigenvalue weighted by atomic mass is 10.2. The third-order valence-corrected chi connectivity index (χ3v) is 2.49. The van der Waals surface area contributed by atoms with Crippen molar-refractivity contribution in [3.05, 3.63) is 28.2 Å². The van der Waals surface area contributed by atoms with Crippen LogP contribution >= 0.6 is 15.9 Å². The van der Waals surface area contributed by atoms with Crippen LogP contribution in [0.5, 0.6) is 5.75 Å². The number of hydrogen-bond donors (Lipinski definition) is 0. The van der Waals surface area contributed by atoms with Gasteiger partial charge in [0.05, 0.1) is 13.7 Å². The summed E-state index contributed by atoms with van der Waals surface area (Å²) < 4.78 is 16.2. The van der Waals surface area contributed by atoms with E-state index in [0.29, 0.717) is 6.61 Å². The Kier molecular flexibility index (Phi) is 4.93. The van der Waals surface area contributed by atoms with Gasteiger partial charge in [0.15, 0.2) is 0 Å². The van der Waals surface area contributed by atoms with Crippen LogP contribution in [0, 0.1) is 0 Å². The molecule has 0 unspecified atom stereocenters. The maximum Gasteiger partial charge on any atom is 0.146 e. The van der Waals surface area contributed by atoms with Gasteiger partial charge >= 0.3 is 0 Å². The Hall–Kier alpha value is -0.580. The van der Waals surface area contributed by atoms with Crippen molar-refractivity contribution in [1.82, 2.24) is 0 Å². The maximum absolute atomic E-state index is 5.26. The number of benzene rings is 1. The minimum absolute atomic E-state index is 0.282. The van der Waals surface area contributed by atoms with Gasteiger partial charge < -0.3 is 14.2 Å². The van der Waals surface area contributed by atoms with E-state index in [1.54, 1.807) is 14.2 Å². The summed E-state index contributed by atoms with van der Waals surface area (Å²) in [6.07, 6.45) is 0. The molecule has 0 saturated heterocycles. The second-order valence-corrected chi connectivity index (χ2v) is 3.53. The van der Waals surface area contributed by atoms with E-state index < -0.39 is 0 Å². The van der Waals surface area contributed by atoms with Gasteiger partial charge in [-0.05, 0) is 12.1 Å². The first-order valence-electron chi connectivity index (χ1n) is 4.17. The Bertz CT molecular complexity index is 289. The number of rotatable bonds is 5. The highest BCUT2D eigenvalue weighted by molar-refractivity contribution is 9.10. The average molecular weight is 261 g/mol. The third-order valence-electron chi connectivity index (χ3n) is 1.74. The monoisotopic (exact) mass is 260 g/mol. The Balaban J connectivity index is 2.72. The zero-order valence-electron chi connectivity index (χ0n) is 8.25. The fourth-order valence-electron chi connectivity index (χ4n) is 1.10. The predicted octanol–water partition coefficient (Wildman–Crippen LogP) is 2.58. The van der Waals surface area contributed by atoms with Crippen LogP contribution in [0.2, 0.25) is 0 Å². The first kappa shape index (κ1) is 11.5. The molecule has 3 nitrogen and oxygen atoms in total. The molecule has 4 heteroatoms. The molecule has 78 valence electrons. The van der Waals surface area contributed by atoms with Crippen LogP contribution in [-0.4, -0.2) is 21.0 Å². The van der Waals surface area contributed by atoms with Gasteiger partial charge in [0.25, 0.3) is 0 Å². The smallest absolute Gasteiger partial charge is 0.146 e. The highest BCUT2D eigenvalue weighted by Crippen LogP contribution is 2.27. The van der Waals surface area contributed by atoms with Crippen molar-refractivity contribution < 1.29 is 14.2 Å². The van der Waals surface area contributed by atoms with Crippen molar-refractivity contribution >= 4 is 15.9 Å². The quantitative estimate of drug-likeness (QED) is 0.602. The fourth-order valence-corrected chi connectivity index (χ4v) is 1.56. The molecular weight excluding hydrogens is 248 g/mol. The van der Waals surface area contributed by atoms with Gasteiger partial charge in [0, 0.05) is 17.1 Å². The molecular formula is C10H13BrO3. The van der Waals surface area contributed by atoms with Crippen LogP contribution in [0.4, 0.5) is 0 Å². The fraction of sp³-hybridized carbons (Fsp3) is 0.400. The van der Waals surface area contributed by atoms with E-state index in [4.69, 9.17) is 14.2 Å². The minimum atomic E-state index is 0.282. The lowest BCUT2D eigenvalue weighted by Crippen LogP contribution is -2.00. The van der Waals surface area contributed by atoms with Gasteiger partial charge in [-0.2, -0.15) is 0 Å². The van der Waals surface area contributed by atoms with Crippen molar-refractivity contribution in [2.24, 2.45) is 0 Å². The van der Waals surface area contributed by atoms with E-state index in [1.807, 2.05) is 18.2 Å². The molecule has 0 bridgehead atoms. The maximum atomic E-state index is 5.26. The SMILES string of the molecule is COCOCc1c(Br)cccc1OC. The van der Waals surface area contributed by atoms with Gasteiger partial charge in [0.2, 0.25) is 0 Å². The number of ether oxygens (including phenoxy) is 3. The van der Waals surface area contributed by atoms with Crippen LogP contribution in [0.15, 0.2) is 22.7 Å². The van der Waals surface area contributed by atoms with Crippen LogP contribution in [0.25, 0.3) is 0 Å². The minimum Gasteiger partial charge on any atom is -0.496 e. The lowest BCUT2D eigenvalue weighted by Gasteiger charge is -2.10. The molecule has 0 radical (unpaired) electrons. The van der Waals surface area contributed by atoms with E-state index in [1.165, 1.54) is 0 Å². The van der Waals surface area contributed by atoms with Crippen molar-refractivity contribution in [1.29, 1.82) is 0 Å². The molecule has 0 aliphatic carbocycles. The third kappa shape index (κ3) is 2.97. The first-order valence-corrected chi connectivity index (χ1v) is 4.97. The molecule has 1 aromatic rings. The number of halogens is 1. The van der Waals surface area contributed by atoms with Gasteiger partial charge in [-0.25, -0.2) is 0 Å². The molecule has 1 aromatic carbocycles. The zero-order chi connectivity index (χ0) is 10.4. The lowest BCUT2D eigenvalue weighted by molar-refractivity contribution is -0.0396. The Morgan fingerprint density at radius 1 is 1.29 bits per heavy atom. The molecule has 0 saturated carbocycles. The number of hydrogen-bond acceptors (Lipinski definition) is 3. The normalized spacial score (nSPS) is 10.2. The molecule has 0 amide bonds. The molecule has 0 atom stereocenters. The highest BCUT2D eigenvalue weighted by Gasteiger charge is 2.06. The van der Waals surface area contributed by atoms with Crippen LogP contribution < -0.4 is 4.74 Å². The van der Waals surface area contributed by atoms with Crippen molar-refractivity contribution in [2.45, 2.75) is 6.61 Å². The Labute approximate surface area is 92.1 Å². The van der Waals surface area contributed by atoms with E-state index in [2.05, 4.69) is 15.9 Å². The van der Waals surface area contributed by atoms with Crippen molar-refractivity contribution in [3.8, 4) is 5.75 Å². The summed E-state index contributed by atoms with van der Waals surface area (Å²) in [7, 11) is 3.23. The van der Waals surface area contributed by atoms with Crippen molar-refractivity contribution in [3.63, 3.8) is 0 Å². The summed E-state index contributed by atoms with van der Waals surface area (Å²) in [6.45, 7) is 0.753. The molecule has 0 aliphatic rings. The molecule has 0 aromatic heterocycles. The van der Waals surface area contributed by atoms with E-state index in [9.17, 15) is 0 Å². The van der Waals surface area contributed by atoms with Gasteiger partial charge in [-0.3, -0.25) is 0 Å². The van der Waals surface area contributed by atoms with Gasteiger partial charge in [-0.1, -0.05) is 22.0 Å². The van der Waals surface area contributed by atoms with E-state index >= 15 is 0 Å². The van der Waals surface area contributed by atoms with Crippen LogP contribution in [0.1, 0.15) is 5.56 Å². The standard InChI is InChI=1S/C10H13BrO3/c1-12-7-14-6-8-9(11)4-3-5-10(8)13-2/h3-5H,6-7H2,1-2H3. The van der Waals surface area contributed by atoms with E-state index in [-0.39, 0.29) is 6.79 Å². The summed E-state index contributed by atoms with van der Waals surface area (Å²) in [5.74, 6) is 0.815. The average Bonchev–Trinajstić information content (AvgIpc) is 2.20. The molecule has 0 N–H and O–H groups in total. The largest absolute Gasteiger partial charge is 0.496 e. The molecule has 0 aliphatic heterocycles. The molecule has 1 rings (SSSR count). The molecule has 0 heterocycles. The summed E-state index contributed by atoms with van der Waals surface area (Å²) in [5.41, 5.74) is 0.993. The molecule has 0 spiro atoms. The Morgan fingerprint density at radius 2 is 2.07 bits per heavy atom. The van der Waals surface area contributed by atoms with E-state index in [0.717, 1.165) is 15.8 Å². The topological polar surface area (TPSA) is 27.7 Å². The predicted molar refractivity (Wildman–Crippen MR) is 57.4 cm³/mol. The molecule has 0 fully saturated rings.